The summed E-state index contributed by atoms with van der Waals surface area (Å²) in [6.45, 7) is 5.08. The first-order chi connectivity index (χ1) is 4.41. The second-order valence-corrected chi connectivity index (χ2v) is 2.01. The van der Waals surface area contributed by atoms with Crippen LogP contribution in [0.2, 0.25) is 0 Å². The number of nitrogens with one attached hydrogen (secondary N) is 1. The molecule has 1 N–H and O–H groups in total. The Balaban J connectivity index is 2.80. The summed E-state index contributed by atoms with van der Waals surface area (Å²) in [5, 5.41) is 3.01. The predicted octanol–water partition coefficient (Wildman–Crippen LogP) is 1.75. The van der Waals surface area contributed by atoms with Crippen molar-refractivity contribution >= 4 is 0 Å². The molecule has 0 heterocycles. The van der Waals surface area contributed by atoms with Crippen molar-refractivity contribution in [2.24, 2.45) is 0 Å². The van der Waals surface area contributed by atoms with E-state index in [2.05, 4.69) is 24.2 Å². The van der Waals surface area contributed by atoms with E-state index in [1.54, 1.807) is 0 Å². The van der Waals surface area contributed by atoms with Crippen molar-refractivity contribution in [2.45, 2.75) is 33.1 Å². The fourth-order valence-electron chi connectivity index (χ4n) is 0.614. The van der Waals surface area contributed by atoms with E-state index in [0.717, 1.165) is 6.54 Å². The van der Waals surface area contributed by atoms with Crippen molar-refractivity contribution in [3.63, 3.8) is 0 Å². The molecule has 0 radical (unpaired) electrons. The molecule has 0 aromatic rings. The van der Waals surface area contributed by atoms with Crippen LogP contribution in [0, 0.1) is 12.0 Å². The van der Waals surface area contributed by atoms with Crippen LogP contribution in [0.25, 0.3) is 0 Å². The average molecular weight is 125 g/mol. The molecule has 0 aromatic heterocycles. The molecule has 0 aliphatic carbocycles. The van der Waals surface area contributed by atoms with Gasteiger partial charge in [-0.15, -0.1) is 0 Å². The Morgan fingerprint density at radius 2 is 2.11 bits per heavy atom. The van der Waals surface area contributed by atoms with Crippen LogP contribution in [-0.2, 0) is 0 Å². The van der Waals surface area contributed by atoms with Gasteiger partial charge in [-0.2, -0.15) is 0 Å². The molecule has 0 aromatic carbocycles. The first kappa shape index (κ1) is 8.36. The van der Waals surface area contributed by atoms with Crippen LogP contribution in [0.1, 0.15) is 33.1 Å². The van der Waals surface area contributed by atoms with Gasteiger partial charge in [0.1, 0.15) is 0 Å². The Hall–Kier alpha value is -0.640. The highest BCUT2D eigenvalue weighted by Crippen LogP contribution is 1.89. The first-order valence-electron chi connectivity index (χ1n) is 3.56. The summed E-state index contributed by atoms with van der Waals surface area (Å²) >= 11 is 0. The summed E-state index contributed by atoms with van der Waals surface area (Å²) in [5.41, 5.74) is 0. The molecule has 1 heteroatoms. The zero-order valence-electron chi connectivity index (χ0n) is 6.33. The lowest BCUT2D eigenvalue weighted by atomic mass is 10.2. The maximum Gasteiger partial charge on any atom is 0.0229 e. The molecule has 0 fully saturated rings. The minimum atomic E-state index is 1.04. The van der Waals surface area contributed by atoms with E-state index in [4.69, 9.17) is 0 Å². The topological polar surface area (TPSA) is 12.0 Å². The molecule has 0 saturated carbocycles. The van der Waals surface area contributed by atoms with E-state index in [-0.39, 0.29) is 0 Å². The molecular weight excluding hydrogens is 110 g/mol. The molecule has 1 nitrogen and oxygen atoms in total. The Bertz CT molecular complexity index is 96.9. The van der Waals surface area contributed by atoms with Crippen LogP contribution in [0.15, 0.2) is 0 Å². The maximum atomic E-state index is 3.01. The lowest BCUT2D eigenvalue weighted by Gasteiger charge is -1.94. The summed E-state index contributed by atoms with van der Waals surface area (Å²) < 4.78 is 0. The Morgan fingerprint density at radius 1 is 1.33 bits per heavy atom. The van der Waals surface area contributed by atoms with Gasteiger partial charge in [0.2, 0.25) is 0 Å². The summed E-state index contributed by atoms with van der Waals surface area (Å²) in [5.74, 6) is 2.78. The minimum Gasteiger partial charge on any atom is -0.346 e. The predicted molar refractivity (Wildman–Crippen MR) is 41.0 cm³/mol. The summed E-state index contributed by atoms with van der Waals surface area (Å²) in [6, 6.07) is 2.81. The average Bonchev–Trinajstić information content (AvgIpc) is 1.89. The van der Waals surface area contributed by atoms with Gasteiger partial charge in [0.25, 0.3) is 0 Å². The van der Waals surface area contributed by atoms with E-state index >= 15 is 0 Å². The molecule has 0 aliphatic rings. The molecule has 0 saturated heterocycles. The van der Waals surface area contributed by atoms with Crippen LogP contribution in [0.5, 0.6) is 0 Å². The van der Waals surface area contributed by atoms with E-state index in [9.17, 15) is 0 Å². The molecule has 0 unspecified atom stereocenters. The van der Waals surface area contributed by atoms with Crippen LogP contribution in [0.4, 0.5) is 0 Å². The van der Waals surface area contributed by atoms with Crippen LogP contribution in [0.3, 0.4) is 0 Å². The van der Waals surface area contributed by atoms with Gasteiger partial charge in [-0.05, 0) is 13.3 Å². The van der Waals surface area contributed by atoms with Gasteiger partial charge < -0.3 is 5.32 Å². The number of hydrogen-bond acceptors (Lipinski definition) is 1. The molecule has 0 atom stereocenters. The van der Waals surface area contributed by atoms with Crippen molar-refractivity contribution in [2.75, 3.05) is 6.54 Å². The van der Waals surface area contributed by atoms with E-state index in [1.165, 1.54) is 19.3 Å². The lowest BCUT2D eigenvalue weighted by molar-refractivity contribution is 0.691. The van der Waals surface area contributed by atoms with Crippen LogP contribution in [-0.4, -0.2) is 6.54 Å². The van der Waals surface area contributed by atoms with E-state index < -0.39 is 0 Å². The highest BCUT2D eigenvalue weighted by molar-refractivity contribution is 4.91. The SMILES string of the molecule is CC#CNCCCCC. The van der Waals surface area contributed by atoms with Gasteiger partial charge >= 0.3 is 0 Å². The maximum absolute atomic E-state index is 3.01. The minimum absolute atomic E-state index is 1.04. The molecule has 52 valence electrons. The molecule has 0 rings (SSSR count). The Labute approximate surface area is 57.8 Å². The van der Waals surface area contributed by atoms with Gasteiger partial charge in [-0.3, -0.25) is 0 Å². The lowest BCUT2D eigenvalue weighted by Crippen LogP contribution is -2.06. The standard InChI is InChI=1S/C8H15N/c1-3-5-6-8-9-7-4-2/h9H,3,5-6,8H2,1-2H3. The van der Waals surface area contributed by atoms with E-state index in [1.807, 2.05) is 6.92 Å². The molecular formula is C8H15N. The van der Waals surface area contributed by atoms with Crippen molar-refractivity contribution < 1.29 is 0 Å². The van der Waals surface area contributed by atoms with Crippen molar-refractivity contribution in [1.29, 1.82) is 0 Å². The summed E-state index contributed by atoms with van der Waals surface area (Å²) in [7, 11) is 0. The quantitative estimate of drug-likeness (QED) is 0.343. The second kappa shape index (κ2) is 7.36. The van der Waals surface area contributed by atoms with Crippen LogP contribution >= 0.6 is 0 Å². The van der Waals surface area contributed by atoms with Gasteiger partial charge in [0.15, 0.2) is 0 Å². The fraction of sp³-hybridized carbons (Fsp3) is 0.750. The third kappa shape index (κ3) is 7.36. The highest BCUT2D eigenvalue weighted by atomic mass is 14.8. The second-order valence-electron chi connectivity index (χ2n) is 2.01. The third-order valence-electron chi connectivity index (χ3n) is 1.12. The monoisotopic (exact) mass is 125 g/mol. The fourth-order valence-corrected chi connectivity index (χ4v) is 0.614. The molecule has 9 heavy (non-hydrogen) atoms. The normalized spacial score (nSPS) is 7.78. The van der Waals surface area contributed by atoms with Crippen molar-refractivity contribution in [3.05, 3.63) is 0 Å². The highest BCUT2D eigenvalue weighted by Gasteiger charge is 1.80. The molecule has 0 bridgehead atoms. The third-order valence-corrected chi connectivity index (χ3v) is 1.12. The largest absolute Gasteiger partial charge is 0.346 e. The zero-order chi connectivity index (χ0) is 6.95. The van der Waals surface area contributed by atoms with Crippen LogP contribution < -0.4 is 5.32 Å². The van der Waals surface area contributed by atoms with Gasteiger partial charge in [0, 0.05) is 12.6 Å². The first-order valence-corrected chi connectivity index (χ1v) is 3.56. The molecule has 0 amide bonds. The van der Waals surface area contributed by atoms with Gasteiger partial charge in [-0.1, -0.05) is 25.7 Å². The van der Waals surface area contributed by atoms with Crippen molar-refractivity contribution in [3.8, 4) is 12.0 Å². The smallest absolute Gasteiger partial charge is 0.0229 e. The number of hydrogen-bond donors (Lipinski definition) is 1. The summed E-state index contributed by atoms with van der Waals surface area (Å²) in [4.78, 5) is 0. The molecule has 0 aliphatic heterocycles. The number of unbranched alkanes of at least 4 members (excludes halogenated alkanes) is 2. The summed E-state index contributed by atoms with van der Waals surface area (Å²) in [6.07, 6.45) is 3.82. The van der Waals surface area contributed by atoms with Gasteiger partial charge in [-0.25, -0.2) is 0 Å². The Kier molecular flexibility index (Phi) is 6.84. The molecule has 0 spiro atoms. The Morgan fingerprint density at radius 3 is 2.67 bits per heavy atom. The van der Waals surface area contributed by atoms with E-state index in [0.29, 0.717) is 0 Å². The number of rotatable bonds is 4. The zero-order valence-corrected chi connectivity index (χ0v) is 6.33. The van der Waals surface area contributed by atoms with Gasteiger partial charge in [0.05, 0.1) is 0 Å². The van der Waals surface area contributed by atoms with Crippen molar-refractivity contribution in [1.82, 2.24) is 5.32 Å².